The second-order valence-corrected chi connectivity index (χ2v) is 13.8. The van der Waals surface area contributed by atoms with Gasteiger partial charge in [-0.05, 0) is 87.8 Å². The number of benzene rings is 8. The zero-order valence-corrected chi connectivity index (χ0v) is 28.8. The van der Waals surface area contributed by atoms with Gasteiger partial charge in [-0.1, -0.05) is 152 Å². The molecule has 52 heavy (non-hydrogen) atoms. The number of hydrogen-bond acceptors (Lipinski definition) is 2. The molecule has 0 unspecified atom stereocenters. The summed E-state index contributed by atoms with van der Waals surface area (Å²) < 4.78 is 6.98. The summed E-state index contributed by atoms with van der Waals surface area (Å²) in [5.41, 5.74) is 15.8. The van der Waals surface area contributed by atoms with Crippen molar-refractivity contribution in [3.05, 3.63) is 211 Å². The third-order valence-electron chi connectivity index (χ3n) is 11.0. The van der Waals surface area contributed by atoms with Gasteiger partial charge in [0.25, 0.3) is 0 Å². The highest BCUT2D eigenvalue weighted by Gasteiger charge is 2.42. The van der Waals surface area contributed by atoms with Crippen molar-refractivity contribution in [2.24, 2.45) is 0 Å². The van der Waals surface area contributed by atoms with Crippen LogP contribution >= 0.6 is 0 Å². The van der Waals surface area contributed by atoms with Crippen LogP contribution in [0.5, 0.6) is 0 Å². The largest absolute Gasteiger partial charge is 0.456 e. The number of rotatable bonds is 6. The molecule has 0 saturated heterocycles. The Balaban J connectivity index is 1.12. The molecule has 10 rings (SSSR count). The van der Waals surface area contributed by atoms with Gasteiger partial charge in [0.1, 0.15) is 11.2 Å². The van der Waals surface area contributed by atoms with E-state index in [-0.39, 0.29) is 5.41 Å². The first-order valence-electron chi connectivity index (χ1n) is 17.9. The minimum absolute atomic E-state index is 0.351. The molecule has 0 aliphatic heterocycles. The highest BCUT2D eigenvalue weighted by atomic mass is 16.3. The maximum atomic E-state index is 6.98. The van der Waals surface area contributed by atoms with Crippen LogP contribution < -0.4 is 4.90 Å². The van der Waals surface area contributed by atoms with E-state index in [4.69, 9.17) is 4.42 Å². The van der Waals surface area contributed by atoms with Crippen LogP contribution in [0.1, 0.15) is 23.6 Å². The van der Waals surface area contributed by atoms with Crippen LogP contribution in [0, 0.1) is 0 Å². The van der Waals surface area contributed by atoms with E-state index in [9.17, 15) is 0 Å². The third kappa shape index (κ3) is 4.72. The first-order valence-corrected chi connectivity index (χ1v) is 17.9. The van der Waals surface area contributed by atoms with Gasteiger partial charge in [-0.3, -0.25) is 0 Å². The lowest BCUT2D eigenvalue weighted by Gasteiger charge is -2.28. The molecule has 8 aromatic carbocycles. The van der Waals surface area contributed by atoms with Crippen LogP contribution in [0.25, 0.3) is 55.3 Å². The normalized spacial score (nSPS) is 12.9. The molecule has 0 radical (unpaired) electrons. The number of para-hydroxylation sites is 1. The average Bonchev–Trinajstić information content (AvgIpc) is 3.72. The van der Waals surface area contributed by atoms with Crippen LogP contribution in [0.15, 0.2) is 199 Å². The molecule has 0 amide bonds. The van der Waals surface area contributed by atoms with E-state index in [1.54, 1.807) is 0 Å². The monoisotopic (exact) mass is 665 g/mol. The Morgan fingerprint density at radius 3 is 1.40 bits per heavy atom. The number of furan rings is 1. The van der Waals surface area contributed by atoms with Crippen LogP contribution in [0.3, 0.4) is 0 Å². The SMILES string of the molecule is CC1(c2cccc3c2oc2cc(N(c4ccc(-c5ccccc5)cc4)c4ccc(-c5ccccc5)cc4)ccc23)c2ccccc2-c2ccccc21. The van der Waals surface area contributed by atoms with Gasteiger partial charge in [0.05, 0.1) is 0 Å². The van der Waals surface area contributed by atoms with Gasteiger partial charge in [0.15, 0.2) is 0 Å². The Labute approximate surface area is 303 Å². The van der Waals surface area contributed by atoms with Crippen LogP contribution in [-0.2, 0) is 5.41 Å². The summed E-state index contributed by atoms with van der Waals surface area (Å²) in [7, 11) is 0. The molecule has 2 nitrogen and oxygen atoms in total. The summed E-state index contributed by atoms with van der Waals surface area (Å²) in [4.78, 5) is 2.32. The first-order chi connectivity index (χ1) is 25.7. The third-order valence-corrected chi connectivity index (χ3v) is 11.0. The van der Waals surface area contributed by atoms with E-state index >= 15 is 0 Å². The standard InChI is InChI=1S/C50H35NO/c1-50(45-20-10-8-17-41(45)42-18-9-11-21-46(42)50)47-22-12-19-44-43-32-31-40(33-48(43)52-49(44)47)51(38-27-23-36(24-28-38)34-13-4-2-5-14-34)39-29-25-37(26-30-39)35-15-6-3-7-16-35/h2-33H,1H3. The lowest BCUT2D eigenvalue weighted by molar-refractivity contribution is 0.638. The molecule has 0 bridgehead atoms. The number of anilines is 3. The second kappa shape index (κ2) is 12.0. The molecule has 0 spiro atoms. The van der Waals surface area contributed by atoms with Gasteiger partial charge in [-0.2, -0.15) is 0 Å². The minimum atomic E-state index is -0.351. The first kappa shape index (κ1) is 30.2. The van der Waals surface area contributed by atoms with E-state index in [0.29, 0.717) is 0 Å². The quantitative estimate of drug-likeness (QED) is 0.176. The fourth-order valence-corrected chi connectivity index (χ4v) is 8.38. The summed E-state index contributed by atoms with van der Waals surface area (Å²) >= 11 is 0. The van der Waals surface area contributed by atoms with Crippen molar-refractivity contribution in [3.8, 4) is 33.4 Å². The Hall–Kier alpha value is -6.64. The molecule has 1 aliphatic carbocycles. The topological polar surface area (TPSA) is 16.4 Å². The molecule has 1 aliphatic rings. The van der Waals surface area contributed by atoms with Gasteiger partial charge >= 0.3 is 0 Å². The average molecular weight is 666 g/mol. The van der Waals surface area contributed by atoms with E-state index in [1.165, 1.54) is 50.1 Å². The van der Waals surface area contributed by atoms with Crippen molar-refractivity contribution in [1.82, 2.24) is 0 Å². The summed E-state index contributed by atoms with van der Waals surface area (Å²) in [5, 5.41) is 2.25. The Bertz CT molecular complexity index is 2600. The molecule has 1 aromatic heterocycles. The summed E-state index contributed by atoms with van der Waals surface area (Å²) in [5.74, 6) is 0. The summed E-state index contributed by atoms with van der Waals surface area (Å²) in [6.45, 7) is 2.35. The molecule has 2 heteroatoms. The van der Waals surface area contributed by atoms with E-state index in [0.717, 1.165) is 39.0 Å². The van der Waals surface area contributed by atoms with Crippen molar-refractivity contribution in [2.45, 2.75) is 12.3 Å². The zero-order chi connectivity index (χ0) is 34.6. The lowest BCUT2D eigenvalue weighted by Crippen LogP contribution is -2.22. The van der Waals surface area contributed by atoms with Gasteiger partial charge in [-0.25, -0.2) is 0 Å². The minimum Gasteiger partial charge on any atom is -0.456 e. The van der Waals surface area contributed by atoms with Crippen LogP contribution in [-0.4, -0.2) is 0 Å². The molecule has 0 fully saturated rings. The van der Waals surface area contributed by atoms with Gasteiger partial charge in [0.2, 0.25) is 0 Å². The Kier molecular flexibility index (Phi) is 6.97. The highest BCUT2D eigenvalue weighted by Crippen LogP contribution is 2.54. The number of nitrogens with zero attached hydrogens (tertiary/aromatic N) is 1. The summed E-state index contributed by atoms with van der Waals surface area (Å²) in [6, 6.07) is 69.7. The smallest absolute Gasteiger partial charge is 0.139 e. The van der Waals surface area contributed by atoms with E-state index < -0.39 is 0 Å². The van der Waals surface area contributed by atoms with Crippen LogP contribution in [0.2, 0.25) is 0 Å². The van der Waals surface area contributed by atoms with Crippen molar-refractivity contribution >= 4 is 39.0 Å². The fourth-order valence-electron chi connectivity index (χ4n) is 8.38. The van der Waals surface area contributed by atoms with Gasteiger partial charge < -0.3 is 9.32 Å². The molecular weight excluding hydrogens is 631 g/mol. The second-order valence-electron chi connectivity index (χ2n) is 13.8. The van der Waals surface area contributed by atoms with Crippen molar-refractivity contribution in [2.75, 3.05) is 4.90 Å². The molecule has 0 saturated carbocycles. The molecule has 0 atom stereocenters. The van der Waals surface area contributed by atoms with E-state index in [1.807, 2.05) is 0 Å². The predicted molar refractivity (Wildman–Crippen MR) is 217 cm³/mol. The van der Waals surface area contributed by atoms with Crippen molar-refractivity contribution in [3.63, 3.8) is 0 Å². The maximum absolute atomic E-state index is 6.98. The van der Waals surface area contributed by atoms with Gasteiger partial charge in [-0.15, -0.1) is 0 Å². The Morgan fingerprint density at radius 2 is 0.846 bits per heavy atom. The Morgan fingerprint density at radius 1 is 0.385 bits per heavy atom. The van der Waals surface area contributed by atoms with Crippen LogP contribution in [0.4, 0.5) is 17.1 Å². The predicted octanol–water partition coefficient (Wildman–Crippen LogP) is 13.7. The molecule has 1 heterocycles. The molecule has 9 aromatic rings. The lowest BCUT2D eigenvalue weighted by atomic mass is 9.74. The highest BCUT2D eigenvalue weighted by molar-refractivity contribution is 6.08. The number of hydrogen-bond donors (Lipinski definition) is 0. The molecule has 246 valence electrons. The van der Waals surface area contributed by atoms with E-state index in [2.05, 4.69) is 206 Å². The van der Waals surface area contributed by atoms with Gasteiger partial charge in [0, 0.05) is 44.9 Å². The molecular formula is C50H35NO. The molecule has 0 N–H and O–H groups in total. The number of fused-ring (bicyclic) bond motifs is 6. The fraction of sp³-hybridized carbons (Fsp3) is 0.0400. The van der Waals surface area contributed by atoms with Crippen molar-refractivity contribution < 1.29 is 4.42 Å². The van der Waals surface area contributed by atoms with Crippen molar-refractivity contribution in [1.29, 1.82) is 0 Å². The maximum Gasteiger partial charge on any atom is 0.139 e. The zero-order valence-electron chi connectivity index (χ0n) is 28.8. The summed E-state index contributed by atoms with van der Waals surface area (Å²) in [6.07, 6.45) is 0.